The third-order valence-corrected chi connectivity index (χ3v) is 2.55. The van der Waals surface area contributed by atoms with E-state index >= 15 is 0 Å². The number of nitrogen functional groups attached to an aromatic ring is 2. The maximum atomic E-state index is 5.93. The quantitative estimate of drug-likeness (QED) is 0.592. The van der Waals surface area contributed by atoms with Gasteiger partial charge in [-0.3, -0.25) is 0 Å². The highest BCUT2D eigenvalue weighted by Gasteiger charge is 2.27. The van der Waals surface area contributed by atoms with E-state index in [1.807, 2.05) is 12.1 Å². The van der Waals surface area contributed by atoms with E-state index in [0.717, 1.165) is 16.9 Å². The lowest BCUT2D eigenvalue weighted by atomic mass is 9.86. The van der Waals surface area contributed by atoms with Crippen molar-refractivity contribution in [3.63, 3.8) is 0 Å². The largest absolute Gasteiger partial charge is 0.399 e. The predicted molar refractivity (Wildman–Crippen MR) is 57.3 cm³/mol. The molecule has 0 aliphatic heterocycles. The lowest BCUT2D eigenvalue weighted by Gasteiger charge is -2.20. The zero-order valence-corrected chi connectivity index (χ0v) is 7.96. The smallest absolute Gasteiger partial charge is 0.0381 e. The second kappa shape index (κ2) is 2.28. The van der Waals surface area contributed by atoms with Gasteiger partial charge in [-0.2, -0.15) is 0 Å². The molecule has 0 atom stereocenters. The molecule has 2 nitrogen and oxygen atoms in total. The SMILES string of the molecule is CC1(C)C=Cc2cc(N)cc(N)c21. The maximum Gasteiger partial charge on any atom is 0.0381 e. The van der Waals surface area contributed by atoms with Crippen molar-refractivity contribution in [2.45, 2.75) is 19.3 Å². The van der Waals surface area contributed by atoms with Crippen LogP contribution in [0.25, 0.3) is 6.08 Å². The van der Waals surface area contributed by atoms with Gasteiger partial charge < -0.3 is 11.5 Å². The summed E-state index contributed by atoms with van der Waals surface area (Å²) in [4.78, 5) is 0. The van der Waals surface area contributed by atoms with Crippen LogP contribution in [0.15, 0.2) is 18.2 Å². The van der Waals surface area contributed by atoms with E-state index in [1.165, 1.54) is 5.56 Å². The number of nitrogens with two attached hydrogens (primary N) is 2. The summed E-state index contributed by atoms with van der Waals surface area (Å²) in [6.07, 6.45) is 4.25. The molecule has 0 amide bonds. The fourth-order valence-electron chi connectivity index (χ4n) is 1.97. The number of anilines is 2. The third-order valence-electron chi connectivity index (χ3n) is 2.55. The summed E-state index contributed by atoms with van der Waals surface area (Å²) in [6, 6.07) is 3.80. The zero-order chi connectivity index (χ0) is 9.64. The normalized spacial score (nSPS) is 17.4. The van der Waals surface area contributed by atoms with Crippen molar-refractivity contribution in [2.24, 2.45) is 0 Å². The summed E-state index contributed by atoms with van der Waals surface area (Å²) in [7, 11) is 0. The van der Waals surface area contributed by atoms with Crippen LogP contribution in [0, 0.1) is 0 Å². The fourth-order valence-corrected chi connectivity index (χ4v) is 1.97. The van der Waals surface area contributed by atoms with Gasteiger partial charge in [0.15, 0.2) is 0 Å². The number of allylic oxidation sites excluding steroid dienone is 1. The van der Waals surface area contributed by atoms with E-state index in [0.29, 0.717) is 0 Å². The molecule has 0 saturated heterocycles. The summed E-state index contributed by atoms with van der Waals surface area (Å²) in [5.74, 6) is 0. The zero-order valence-electron chi connectivity index (χ0n) is 7.96. The van der Waals surface area contributed by atoms with Gasteiger partial charge in [-0.05, 0) is 23.3 Å². The standard InChI is InChI=1S/C11H14N2/c1-11(2)4-3-7-5-8(12)6-9(13)10(7)11/h3-6H,12-13H2,1-2H3. The lowest BCUT2D eigenvalue weighted by molar-refractivity contribution is 0.686. The highest BCUT2D eigenvalue weighted by atomic mass is 14.6. The Morgan fingerprint density at radius 3 is 2.54 bits per heavy atom. The molecule has 0 heterocycles. The average molecular weight is 174 g/mol. The number of hydrogen-bond acceptors (Lipinski definition) is 2. The minimum Gasteiger partial charge on any atom is -0.399 e. The van der Waals surface area contributed by atoms with Gasteiger partial charge in [0, 0.05) is 16.8 Å². The van der Waals surface area contributed by atoms with Crippen molar-refractivity contribution in [1.29, 1.82) is 0 Å². The molecule has 1 aliphatic rings. The molecule has 1 aromatic rings. The Hall–Kier alpha value is -1.44. The van der Waals surface area contributed by atoms with Crippen LogP contribution in [0.5, 0.6) is 0 Å². The molecule has 1 aliphatic carbocycles. The van der Waals surface area contributed by atoms with Gasteiger partial charge in [0.25, 0.3) is 0 Å². The Labute approximate surface area is 78.2 Å². The topological polar surface area (TPSA) is 52.0 Å². The summed E-state index contributed by atoms with van der Waals surface area (Å²) >= 11 is 0. The Bertz CT molecular complexity index is 389. The van der Waals surface area contributed by atoms with Crippen LogP contribution in [-0.4, -0.2) is 0 Å². The van der Waals surface area contributed by atoms with Crippen molar-refractivity contribution in [1.82, 2.24) is 0 Å². The van der Waals surface area contributed by atoms with Crippen LogP contribution in [0.3, 0.4) is 0 Å². The Kier molecular flexibility index (Phi) is 1.44. The van der Waals surface area contributed by atoms with Gasteiger partial charge in [0.05, 0.1) is 0 Å². The molecule has 0 saturated carbocycles. The van der Waals surface area contributed by atoms with Gasteiger partial charge >= 0.3 is 0 Å². The molecule has 0 bridgehead atoms. The molecule has 0 fully saturated rings. The fraction of sp³-hybridized carbons (Fsp3) is 0.273. The van der Waals surface area contributed by atoms with Crippen molar-refractivity contribution < 1.29 is 0 Å². The Balaban J connectivity index is 2.71. The van der Waals surface area contributed by atoms with E-state index in [4.69, 9.17) is 11.5 Å². The van der Waals surface area contributed by atoms with Gasteiger partial charge in [-0.1, -0.05) is 26.0 Å². The molecule has 1 aromatic carbocycles. The average Bonchev–Trinajstić information content (AvgIpc) is 2.26. The Morgan fingerprint density at radius 1 is 1.15 bits per heavy atom. The molecule has 0 aromatic heterocycles. The minimum absolute atomic E-state index is 0.0487. The second-order valence-electron chi connectivity index (χ2n) is 4.13. The van der Waals surface area contributed by atoms with E-state index in [2.05, 4.69) is 26.0 Å². The van der Waals surface area contributed by atoms with Gasteiger partial charge in [0.1, 0.15) is 0 Å². The minimum atomic E-state index is 0.0487. The predicted octanol–water partition coefficient (Wildman–Crippen LogP) is 2.16. The van der Waals surface area contributed by atoms with Gasteiger partial charge in [0.2, 0.25) is 0 Å². The molecule has 2 rings (SSSR count). The first kappa shape index (κ1) is 8.17. The molecular weight excluding hydrogens is 160 g/mol. The van der Waals surface area contributed by atoms with Crippen LogP contribution < -0.4 is 11.5 Å². The number of fused-ring (bicyclic) bond motifs is 1. The number of rotatable bonds is 0. The molecule has 2 heteroatoms. The van der Waals surface area contributed by atoms with Crippen LogP contribution in [0.2, 0.25) is 0 Å². The molecule has 0 spiro atoms. The van der Waals surface area contributed by atoms with Crippen LogP contribution in [-0.2, 0) is 5.41 Å². The molecule has 0 unspecified atom stereocenters. The highest BCUT2D eigenvalue weighted by Crippen LogP contribution is 2.40. The first-order chi connectivity index (χ1) is 6.00. The third kappa shape index (κ3) is 1.10. The van der Waals surface area contributed by atoms with Gasteiger partial charge in [-0.15, -0.1) is 0 Å². The summed E-state index contributed by atoms with van der Waals surface area (Å²) in [5.41, 5.74) is 15.6. The molecule has 0 radical (unpaired) electrons. The Morgan fingerprint density at radius 2 is 1.85 bits per heavy atom. The maximum absolute atomic E-state index is 5.93. The first-order valence-corrected chi connectivity index (χ1v) is 4.39. The number of benzene rings is 1. The van der Waals surface area contributed by atoms with Crippen molar-refractivity contribution in [2.75, 3.05) is 11.5 Å². The van der Waals surface area contributed by atoms with Crippen LogP contribution in [0.1, 0.15) is 25.0 Å². The summed E-state index contributed by atoms with van der Waals surface area (Å²) in [5, 5.41) is 0. The molecule has 68 valence electrons. The lowest BCUT2D eigenvalue weighted by Crippen LogP contribution is -2.13. The van der Waals surface area contributed by atoms with Gasteiger partial charge in [-0.25, -0.2) is 0 Å². The second-order valence-corrected chi connectivity index (χ2v) is 4.13. The first-order valence-electron chi connectivity index (χ1n) is 4.39. The summed E-state index contributed by atoms with van der Waals surface area (Å²) < 4.78 is 0. The van der Waals surface area contributed by atoms with E-state index in [9.17, 15) is 0 Å². The van der Waals surface area contributed by atoms with Crippen LogP contribution in [0.4, 0.5) is 11.4 Å². The van der Waals surface area contributed by atoms with Crippen molar-refractivity contribution >= 4 is 17.5 Å². The van der Waals surface area contributed by atoms with E-state index < -0.39 is 0 Å². The van der Waals surface area contributed by atoms with E-state index in [-0.39, 0.29) is 5.41 Å². The van der Waals surface area contributed by atoms with Crippen LogP contribution >= 0.6 is 0 Å². The summed E-state index contributed by atoms with van der Waals surface area (Å²) in [6.45, 7) is 4.31. The number of hydrogen-bond donors (Lipinski definition) is 2. The van der Waals surface area contributed by atoms with Crippen molar-refractivity contribution in [3.05, 3.63) is 29.3 Å². The highest BCUT2D eigenvalue weighted by molar-refractivity contribution is 5.76. The van der Waals surface area contributed by atoms with E-state index in [1.54, 1.807) is 0 Å². The molecule has 4 N–H and O–H groups in total. The van der Waals surface area contributed by atoms with Crippen molar-refractivity contribution in [3.8, 4) is 0 Å². The monoisotopic (exact) mass is 174 g/mol. The molecule has 13 heavy (non-hydrogen) atoms. The molecular formula is C11H14N2.